The van der Waals surface area contributed by atoms with Gasteiger partial charge in [0.15, 0.2) is 5.58 Å². The van der Waals surface area contributed by atoms with Crippen LogP contribution in [0.3, 0.4) is 0 Å². The van der Waals surface area contributed by atoms with Crippen molar-refractivity contribution in [3.05, 3.63) is 69.0 Å². The first-order valence-corrected chi connectivity index (χ1v) is 7.82. The summed E-state index contributed by atoms with van der Waals surface area (Å²) in [5, 5.41) is 9.99. The third-order valence-corrected chi connectivity index (χ3v) is 4.25. The Morgan fingerprint density at radius 2 is 1.71 bits per heavy atom. The van der Waals surface area contributed by atoms with Gasteiger partial charge in [0.1, 0.15) is 16.7 Å². The van der Waals surface area contributed by atoms with Crippen LogP contribution in [0.2, 0.25) is 0 Å². The highest BCUT2D eigenvalue weighted by molar-refractivity contribution is 9.10. The topological polar surface area (TPSA) is 80.6 Å². The fourth-order valence-corrected chi connectivity index (χ4v) is 2.95. The minimum atomic E-state index is -0.998. The molecule has 0 spiro atoms. The maximum Gasteiger partial charge on any atom is 0.347 e. The molecule has 2 heterocycles. The van der Waals surface area contributed by atoms with Crippen LogP contribution in [-0.4, -0.2) is 11.1 Å². The highest BCUT2D eigenvalue weighted by Gasteiger charge is 2.15. The number of hydrogen-bond acceptors (Lipinski definition) is 4. The summed E-state index contributed by atoms with van der Waals surface area (Å²) in [5.41, 5.74) is 1.28. The van der Waals surface area contributed by atoms with Gasteiger partial charge in [-0.1, -0.05) is 28.1 Å². The van der Waals surface area contributed by atoms with E-state index in [2.05, 4.69) is 15.9 Å². The molecule has 0 amide bonds. The quantitative estimate of drug-likeness (QED) is 0.508. The number of rotatable bonds is 2. The molecule has 0 aliphatic carbocycles. The van der Waals surface area contributed by atoms with Gasteiger partial charge in [0.2, 0.25) is 0 Å². The Kier molecular flexibility index (Phi) is 3.28. The zero-order chi connectivity index (χ0) is 16.8. The van der Waals surface area contributed by atoms with Gasteiger partial charge in [0.05, 0.1) is 10.9 Å². The first-order chi connectivity index (χ1) is 11.5. The van der Waals surface area contributed by atoms with Crippen LogP contribution >= 0.6 is 15.9 Å². The Labute approximate surface area is 143 Å². The van der Waals surface area contributed by atoms with Gasteiger partial charge in [-0.3, -0.25) is 0 Å². The molecule has 0 unspecified atom stereocenters. The largest absolute Gasteiger partial charge is 0.478 e. The molecule has 0 radical (unpaired) electrons. The third kappa shape index (κ3) is 2.32. The van der Waals surface area contributed by atoms with Crippen molar-refractivity contribution in [2.45, 2.75) is 0 Å². The lowest BCUT2D eigenvalue weighted by Crippen LogP contribution is -1.97. The molecule has 5 nitrogen and oxygen atoms in total. The Hall–Kier alpha value is -2.86. The third-order valence-electron chi connectivity index (χ3n) is 3.76. The van der Waals surface area contributed by atoms with Crippen LogP contribution in [0.25, 0.3) is 33.3 Å². The van der Waals surface area contributed by atoms with E-state index in [4.69, 9.17) is 13.9 Å². The summed E-state index contributed by atoms with van der Waals surface area (Å²) in [4.78, 5) is 23.1. The zero-order valence-electron chi connectivity index (χ0n) is 12.1. The van der Waals surface area contributed by atoms with Crippen LogP contribution in [-0.2, 0) is 0 Å². The van der Waals surface area contributed by atoms with Crippen molar-refractivity contribution < 1.29 is 18.7 Å². The van der Waals surface area contributed by atoms with E-state index in [-0.39, 0.29) is 5.56 Å². The van der Waals surface area contributed by atoms with Gasteiger partial charge in [-0.25, -0.2) is 9.59 Å². The molecule has 1 N–H and O–H groups in total. The molecule has 0 aliphatic heterocycles. The summed E-state index contributed by atoms with van der Waals surface area (Å²) in [6.07, 6.45) is 0. The Morgan fingerprint density at radius 1 is 0.958 bits per heavy atom. The fraction of sp³-hybridized carbons (Fsp3) is 0. The molecule has 0 aliphatic rings. The SMILES string of the molecule is O=C(O)c1ccc(-c2cc3c(=O)oc4ccc(Br)cc4c3o2)cc1. The predicted molar refractivity (Wildman–Crippen MR) is 92.4 cm³/mol. The molecule has 24 heavy (non-hydrogen) atoms. The molecule has 0 bridgehead atoms. The average Bonchev–Trinajstić information content (AvgIpc) is 3.02. The van der Waals surface area contributed by atoms with Crippen LogP contribution in [0.15, 0.2) is 66.6 Å². The van der Waals surface area contributed by atoms with Crippen molar-refractivity contribution in [1.82, 2.24) is 0 Å². The molecule has 118 valence electrons. The summed E-state index contributed by atoms with van der Waals surface area (Å²) in [7, 11) is 0. The van der Waals surface area contributed by atoms with E-state index in [0.717, 1.165) is 4.47 Å². The molecule has 0 fully saturated rings. The molecule has 6 heteroatoms. The smallest absolute Gasteiger partial charge is 0.347 e. The Balaban J connectivity index is 1.96. The number of carbonyl (C=O) groups is 1. The number of hydrogen-bond donors (Lipinski definition) is 1. The number of carboxylic acids is 1. The Morgan fingerprint density at radius 3 is 2.42 bits per heavy atom. The van der Waals surface area contributed by atoms with Crippen LogP contribution < -0.4 is 5.63 Å². The number of fused-ring (bicyclic) bond motifs is 3. The van der Waals surface area contributed by atoms with Crippen LogP contribution in [0.1, 0.15) is 10.4 Å². The molecular formula is C18H9BrO5. The van der Waals surface area contributed by atoms with Crippen molar-refractivity contribution in [1.29, 1.82) is 0 Å². The number of benzene rings is 2. The maximum atomic E-state index is 12.1. The predicted octanol–water partition coefficient (Wildman–Crippen LogP) is 4.67. The number of aromatic carboxylic acids is 1. The van der Waals surface area contributed by atoms with Gasteiger partial charge in [0, 0.05) is 10.0 Å². The van der Waals surface area contributed by atoms with Gasteiger partial charge in [0.25, 0.3) is 0 Å². The molecule has 0 atom stereocenters. The summed E-state index contributed by atoms with van der Waals surface area (Å²) < 4.78 is 12.0. The second kappa shape index (κ2) is 5.35. The summed E-state index contributed by atoms with van der Waals surface area (Å²) >= 11 is 3.39. The lowest BCUT2D eigenvalue weighted by molar-refractivity contribution is 0.0697. The first kappa shape index (κ1) is 14.7. The summed E-state index contributed by atoms with van der Waals surface area (Å²) in [6.45, 7) is 0. The summed E-state index contributed by atoms with van der Waals surface area (Å²) in [6, 6.07) is 13.2. The van der Waals surface area contributed by atoms with Crippen LogP contribution in [0, 0.1) is 0 Å². The average molecular weight is 385 g/mol. The van der Waals surface area contributed by atoms with Crippen molar-refractivity contribution in [2.24, 2.45) is 0 Å². The van der Waals surface area contributed by atoms with E-state index in [0.29, 0.717) is 33.3 Å². The standard InChI is InChI=1S/C18H9BrO5/c19-11-5-6-14-12(7-11)16-13(18(22)24-14)8-15(23-16)9-1-3-10(4-2-9)17(20)21/h1-8H,(H,20,21). The second-order valence-electron chi connectivity index (χ2n) is 5.27. The number of furan rings is 1. The fourth-order valence-electron chi connectivity index (χ4n) is 2.59. The van der Waals surface area contributed by atoms with Gasteiger partial charge in [-0.05, 0) is 36.4 Å². The molecular weight excluding hydrogens is 376 g/mol. The number of carboxylic acid groups (broad SMARTS) is 1. The monoisotopic (exact) mass is 384 g/mol. The minimum absolute atomic E-state index is 0.184. The Bertz CT molecular complexity index is 1150. The molecule has 4 aromatic rings. The van der Waals surface area contributed by atoms with E-state index >= 15 is 0 Å². The molecule has 2 aromatic carbocycles. The van der Waals surface area contributed by atoms with Crippen LogP contribution in [0.5, 0.6) is 0 Å². The van der Waals surface area contributed by atoms with Crippen molar-refractivity contribution >= 4 is 43.8 Å². The highest BCUT2D eigenvalue weighted by Crippen LogP contribution is 2.32. The van der Waals surface area contributed by atoms with E-state index < -0.39 is 11.6 Å². The van der Waals surface area contributed by atoms with E-state index in [1.54, 1.807) is 30.3 Å². The normalized spacial score (nSPS) is 11.2. The minimum Gasteiger partial charge on any atom is -0.478 e. The first-order valence-electron chi connectivity index (χ1n) is 7.02. The lowest BCUT2D eigenvalue weighted by Gasteiger charge is -1.99. The highest BCUT2D eigenvalue weighted by atomic mass is 79.9. The van der Waals surface area contributed by atoms with E-state index in [1.807, 2.05) is 6.07 Å². The molecule has 0 saturated heterocycles. The maximum absolute atomic E-state index is 12.1. The van der Waals surface area contributed by atoms with E-state index in [1.165, 1.54) is 12.1 Å². The summed E-state index contributed by atoms with van der Waals surface area (Å²) in [5.74, 6) is -0.524. The van der Waals surface area contributed by atoms with Crippen molar-refractivity contribution in [3.8, 4) is 11.3 Å². The number of halogens is 1. The van der Waals surface area contributed by atoms with Gasteiger partial charge in [-0.15, -0.1) is 0 Å². The second-order valence-corrected chi connectivity index (χ2v) is 6.18. The lowest BCUT2D eigenvalue weighted by atomic mass is 10.1. The molecule has 2 aromatic heterocycles. The van der Waals surface area contributed by atoms with Gasteiger partial charge in [-0.2, -0.15) is 0 Å². The van der Waals surface area contributed by atoms with Gasteiger partial charge >= 0.3 is 11.6 Å². The van der Waals surface area contributed by atoms with Gasteiger partial charge < -0.3 is 13.9 Å². The zero-order valence-corrected chi connectivity index (χ0v) is 13.7. The molecule has 4 rings (SSSR count). The van der Waals surface area contributed by atoms with E-state index in [9.17, 15) is 9.59 Å². The van der Waals surface area contributed by atoms with Crippen molar-refractivity contribution in [3.63, 3.8) is 0 Å². The molecule has 0 saturated carbocycles. The van der Waals surface area contributed by atoms with Crippen LogP contribution in [0.4, 0.5) is 0 Å². The van der Waals surface area contributed by atoms with Crippen molar-refractivity contribution in [2.75, 3.05) is 0 Å².